The Labute approximate surface area is 196 Å². The molecule has 0 spiro atoms. The van der Waals surface area contributed by atoms with Crippen molar-refractivity contribution in [2.75, 3.05) is 31.1 Å². The Kier molecular flexibility index (Phi) is 5.85. The second-order valence-electron chi connectivity index (χ2n) is 7.79. The van der Waals surface area contributed by atoms with E-state index in [1.54, 1.807) is 11.3 Å². The maximum atomic E-state index is 6.34. The summed E-state index contributed by atoms with van der Waals surface area (Å²) in [6.07, 6.45) is 0. The van der Waals surface area contributed by atoms with Crippen LogP contribution in [0.2, 0.25) is 10.3 Å². The van der Waals surface area contributed by atoms with Crippen molar-refractivity contribution in [1.29, 1.82) is 0 Å². The standard InChI is InChI=1S/C24H22Cl2N4S/c1-16-20(18-7-9-19(25)10-8-18)21-22(27-24(26)28-23(21)31-16)30-13-11-29(12-14-30)15-17-5-3-2-4-6-17/h2-10H,11-15H2,1H3. The van der Waals surface area contributed by atoms with Gasteiger partial charge in [-0.05, 0) is 41.8 Å². The molecule has 0 radical (unpaired) electrons. The van der Waals surface area contributed by atoms with Crippen LogP contribution < -0.4 is 4.90 Å². The first-order valence-electron chi connectivity index (χ1n) is 10.3. The minimum absolute atomic E-state index is 0.304. The molecule has 1 saturated heterocycles. The molecule has 1 aliphatic heterocycles. The number of rotatable bonds is 4. The van der Waals surface area contributed by atoms with Crippen molar-refractivity contribution in [3.63, 3.8) is 0 Å². The monoisotopic (exact) mass is 468 g/mol. The molecule has 4 nitrogen and oxygen atoms in total. The van der Waals surface area contributed by atoms with Gasteiger partial charge < -0.3 is 4.90 Å². The van der Waals surface area contributed by atoms with Crippen LogP contribution in [-0.4, -0.2) is 41.0 Å². The molecule has 0 N–H and O–H groups in total. The third-order valence-electron chi connectivity index (χ3n) is 5.73. The summed E-state index contributed by atoms with van der Waals surface area (Å²) in [5, 5.41) is 2.12. The molecule has 5 rings (SSSR count). The smallest absolute Gasteiger partial charge is 0.225 e. The van der Waals surface area contributed by atoms with Gasteiger partial charge in [-0.15, -0.1) is 11.3 Å². The molecule has 4 aromatic rings. The van der Waals surface area contributed by atoms with E-state index in [2.05, 4.69) is 64.2 Å². The number of thiophene rings is 1. The van der Waals surface area contributed by atoms with Gasteiger partial charge in [0.1, 0.15) is 10.6 Å². The van der Waals surface area contributed by atoms with Crippen molar-refractivity contribution in [1.82, 2.24) is 14.9 Å². The zero-order chi connectivity index (χ0) is 21.4. The molecule has 2 aromatic carbocycles. The number of benzene rings is 2. The Bertz CT molecular complexity index is 1200. The van der Waals surface area contributed by atoms with Crippen LogP contribution >= 0.6 is 34.5 Å². The Hall–Kier alpha value is -2.18. The van der Waals surface area contributed by atoms with E-state index in [0.717, 1.165) is 59.3 Å². The highest BCUT2D eigenvalue weighted by molar-refractivity contribution is 7.19. The Morgan fingerprint density at radius 3 is 2.32 bits per heavy atom. The third kappa shape index (κ3) is 4.28. The molecule has 0 bridgehead atoms. The summed E-state index contributed by atoms with van der Waals surface area (Å²) in [7, 11) is 0. The van der Waals surface area contributed by atoms with E-state index in [-0.39, 0.29) is 0 Å². The Morgan fingerprint density at radius 2 is 1.61 bits per heavy atom. The average Bonchev–Trinajstić information content (AvgIpc) is 3.10. The molecule has 1 fully saturated rings. The summed E-state index contributed by atoms with van der Waals surface area (Å²) in [6, 6.07) is 18.6. The minimum Gasteiger partial charge on any atom is -0.353 e. The maximum Gasteiger partial charge on any atom is 0.225 e. The molecule has 1 aliphatic rings. The SMILES string of the molecule is Cc1sc2nc(Cl)nc(N3CCN(Cc4ccccc4)CC3)c2c1-c1ccc(Cl)cc1. The van der Waals surface area contributed by atoms with Crippen molar-refractivity contribution < 1.29 is 0 Å². The van der Waals surface area contributed by atoms with Crippen molar-refractivity contribution in [3.05, 3.63) is 75.3 Å². The van der Waals surface area contributed by atoms with Gasteiger partial charge in [-0.3, -0.25) is 4.90 Å². The lowest BCUT2D eigenvalue weighted by Crippen LogP contribution is -2.46. The number of aryl methyl sites for hydroxylation is 1. The number of piperazine rings is 1. The Balaban J connectivity index is 1.47. The van der Waals surface area contributed by atoms with Crippen LogP contribution in [0.15, 0.2) is 54.6 Å². The first kappa shape index (κ1) is 20.7. The van der Waals surface area contributed by atoms with Crippen LogP contribution in [0.4, 0.5) is 5.82 Å². The fourth-order valence-electron chi connectivity index (χ4n) is 4.22. The molecule has 0 aliphatic carbocycles. The van der Waals surface area contributed by atoms with Crippen molar-refractivity contribution in [2.45, 2.75) is 13.5 Å². The van der Waals surface area contributed by atoms with E-state index >= 15 is 0 Å². The normalized spacial score (nSPS) is 15.0. The van der Waals surface area contributed by atoms with Crippen LogP contribution in [0.25, 0.3) is 21.3 Å². The molecule has 0 amide bonds. The summed E-state index contributed by atoms with van der Waals surface area (Å²) in [4.78, 5) is 16.2. The number of aromatic nitrogens is 2. The van der Waals surface area contributed by atoms with Gasteiger partial charge in [-0.1, -0.05) is 54.1 Å². The number of anilines is 1. The summed E-state index contributed by atoms with van der Waals surface area (Å²) in [6.45, 7) is 6.89. The van der Waals surface area contributed by atoms with Crippen molar-refractivity contribution >= 4 is 50.6 Å². The number of hydrogen-bond donors (Lipinski definition) is 0. The lowest BCUT2D eigenvalue weighted by Gasteiger charge is -2.35. The maximum absolute atomic E-state index is 6.34. The van der Waals surface area contributed by atoms with Crippen LogP contribution in [0, 0.1) is 6.92 Å². The average molecular weight is 469 g/mol. The molecule has 2 aromatic heterocycles. The predicted molar refractivity (Wildman–Crippen MR) is 132 cm³/mol. The van der Waals surface area contributed by atoms with Crippen LogP contribution in [0.1, 0.15) is 10.4 Å². The highest BCUT2D eigenvalue weighted by Gasteiger charge is 2.25. The summed E-state index contributed by atoms with van der Waals surface area (Å²) in [5.74, 6) is 0.934. The summed E-state index contributed by atoms with van der Waals surface area (Å²) >= 11 is 14.1. The van der Waals surface area contributed by atoms with E-state index in [0.29, 0.717) is 5.28 Å². The summed E-state index contributed by atoms with van der Waals surface area (Å²) in [5.41, 5.74) is 3.65. The highest BCUT2D eigenvalue weighted by atomic mass is 35.5. The molecule has 7 heteroatoms. The minimum atomic E-state index is 0.304. The van der Waals surface area contributed by atoms with Gasteiger partial charge in [0.2, 0.25) is 5.28 Å². The van der Waals surface area contributed by atoms with Gasteiger partial charge in [-0.2, -0.15) is 4.98 Å². The van der Waals surface area contributed by atoms with Gasteiger partial charge in [0.15, 0.2) is 0 Å². The lowest BCUT2D eigenvalue weighted by atomic mass is 10.0. The number of fused-ring (bicyclic) bond motifs is 1. The van der Waals surface area contributed by atoms with Gasteiger partial charge in [0.05, 0.1) is 5.39 Å². The van der Waals surface area contributed by atoms with Gasteiger partial charge in [-0.25, -0.2) is 4.98 Å². The molecule has 0 saturated carbocycles. The van der Waals surface area contributed by atoms with Crippen molar-refractivity contribution in [2.24, 2.45) is 0 Å². The molecule has 0 unspecified atom stereocenters. The quantitative estimate of drug-likeness (QED) is 0.329. The summed E-state index contributed by atoms with van der Waals surface area (Å²) < 4.78 is 0. The van der Waals surface area contributed by atoms with Crippen LogP contribution in [0.5, 0.6) is 0 Å². The van der Waals surface area contributed by atoms with Gasteiger partial charge >= 0.3 is 0 Å². The molecule has 0 atom stereocenters. The molecule has 31 heavy (non-hydrogen) atoms. The zero-order valence-electron chi connectivity index (χ0n) is 17.2. The molecule has 3 heterocycles. The van der Waals surface area contributed by atoms with Crippen LogP contribution in [0.3, 0.4) is 0 Å². The topological polar surface area (TPSA) is 32.3 Å². The highest BCUT2D eigenvalue weighted by Crippen LogP contribution is 2.42. The molecule has 158 valence electrons. The van der Waals surface area contributed by atoms with E-state index in [9.17, 15) is 0 Å². The second-order valence-corrected chi connectivity index (χ2v) is 9.76. The van der Waals surface area contributed by atoms with E-state index in [1.165, 1.54) is 16.0 Å². The fourth-order valence-corrected chi connectivity index (χ4v) is 5.60. The largest absolute Gasteiger partial charge is 0.353 e. The van der Waals surface area contributed by atoms with Gasteiger partial charge in [0, 0.05) is 48.2 Å². The van der Waals surface area contributed by atoms with E-state index in [4.69, 9.17) is 28.2 Å². The lowest BCUT2D eigenvalue weighted by molar-refractivity contribution is 0.249. The fraction of sp³-hybridized carbons (Fsp3) is 0.250. The third-order valence-corrected chi connectivity index (χ3v) is 7.16. The van der Waals surface area contributed by atoms with Crippen molar-refractivity contribution in [3.8, 4) is 11.1 Å². The second kappa shape index (κ2) is 8.75. The number of halogens is 2. The first-order chi connectivity index (χ1) is 15.1. The molecular weight excluding hydrogens is 447 g/mol. The first-order valence-corrected chi connectivity index (χ1v) is 11.9. The zero-order valence-corrected chi connectivity index (χ0v) is 19.5. The van der Waals surface area contributed by atoms with Gasteiger partial charge in [0.25, 0.3) is 0 Å². The number of nitrogens with zero attached hydrogens (tertiary/aromatic N) is 4. The van der Waals surface area contributed by atoms with E-state index in [1.807, 2.05) is 12.1 Å². The number of hydrogen-bond acceptors (Lipinski definition) is 5. The van der Waals surface area contributed by atoms with Crippen LogP contribution in [-0.2, 0) is 6.54 Å². The predicted octanol–water partition coefficient (Wildman–Crippen LogP) is 6.30. The van der Waals surface area contributed by atoms with E-state index < -0.39 is 0 Å². The Morgan fingerprint density at radius 1 is 0.903 bits per heavy atom. The molecular formula is C24H22Cl2N4S.